The molecule has 1 fully saturated rings. The number of benzene rings is 2. The van der Waals surface area contributed by atoms with Gasteiger partial charge < -0.3 is 10.3 Å². The normalized spacial score (nSPS) is 15.9. The molecular weight excluding hydrogens is 388 g/mol. The summed E-state index contributed by atoms with van der Waals surface area (Å²) in [6.07, 6.45) is 0.673. The smallest absolute Gasteiger partial charge is 0.252 e. The Bertz CT molecular complexity index is 1200. The largest absolute Gasteiger partial charge is 0.349 e. The Morgan fingerprint density at radius 3 is 2.45 bits per heavy atom. The number of carbonyl (C=O) groups is 1. The van der Waals surface area contributed by atoms with Crippen molar-refractivity contribution in [1.82, 2.24) is 10.3 Å². The number of halogens is 4. The van der Waals surface area contributed by atoms with Gasteiger partial charge in [0, 0.05) is 22.6 Å². The van der Waals surface area contributed by atoms with Gasteiger partial charge in [-0.15, -0.1) is 0 Å². The molecule has 150 valence electrons. The van der Waals surface area contributed by atoms with Crippen LogP contribution in [0.3, 0.4) is 0 Å². The number of aromatic nitrogens is 1. The Kier molecular flexibility index (Phi) is 4.44. The lowest BCUT2D eigenvalue weighted by molar-refractivity contribution is -0.124. The second-order valence-corrected chi connectivity index (χ2v) is 7.28. The SMILES string of the molecule is C[C@@H](NC(=O)C1(c2cc3c(F)c(F)ccc3[nH]c2=O)CC1)c1ccc(F)cc1F. The van der Waals surface area contributed by atoms with E-state index in [1.165, 1.54) is 25.1 Å². The topological polar surface area (TPSA) is 62.0 Å². The van der Waals surface area contributed by atoms with Gasteiger partial charge >= 0.3 is 0 Å². The van der Waals surface area contributed by atoms with Gasteiger partial charge in [0.2, 0.25) is 5.91 Å². The number of hydrogen-bond acceptors (Lipinski definition) is 2. The van der Waals surface area contributed by atoms with Crippen molar-refractivity contribution in [3.05, 3.63) is 81.1 Å². The zero-order valence-electron chi connectivity index (χ0n) is 15.3. The fourth-order valence-electron chi connectivity index (χ4n) is 3.58. The van der Waals surface area contributed by atoms with Crippen LogP contribution >= 0.6 is 0 Å². The predicted molar refractivity (Wildman–Crippen MR) is 98.3 cm³/mol. The van der Waals surface area contributed by atoms with Crippen molar-refractivity contribution in [2.45, 2.75) is 31.2 Å². The van der Waals surface area contributed by atoms with Gasteiger partial charge in [0.05, 0.1) is 17.0 Å². The minimum atomic E-state index is -1.20. The van der Waals surface area contributed by atoms with Crippen molar-refractivity contribution in [2.24, 2.45) is 0 Å². The van der Waals surface area contributed by atoms with E-state index in [1.807, 2.05) is 0 Å². The number of hydrogen-bond donors (Lipinski definition) is 2. The summed E-state index contributed by atoms with van der Waals surface area (Å²) in [5, 5.41) is 2.51. The molecule has 1 aromatic heterocycles. The molecule has 0 unspecified atom stereocenters. The van der Waals surface area contributed by atoms with Gasteiger partial charge in [0.25, 0.3) is 5.56 Å². The summed E-state index contributed by atoms with van der Waals surface area (Å²) in [7, 11) is 0. The Hall–Kier alpha value is -3.16. The van der Waals surface area contributed by atoms with Crippen molar-refractivity contribution in [1.29, 1.82) is 0 Å². The average molecular weight is 404 g/mol. The molecule has 1 atom stereocenters. The summed E-state index contributed by atoms with van der Waals surface area (Å²) >= 11 is 0. The molecule has 3 aromatic rings. The maximum Gasteiger partial charge on any atom is 0.252 e. The monoisotopic (exact) mass is 404 g/mol. The van der Waals surface area contributed by atoms with E-state index < -0.39 is 46.2 Å². The van der Waals surface area contributed by atoms with Crippen molar-refractivity contribution < 1.29 is 22.4 Å². The van der Waals surface area contributed by atoms with Gasteiger partial charge in [0.15, 0.2) is 11.6 Å². The Morgan fingerprint density at radius 2 is 1.79 bits per heavy atom. The van der Waals surface area contributed by atoms with E-state index in [0.717, 1.165) is 18.2 Å². The molecule has 0 bridgehead atoms. The number of rotatable bonds is 4. The fraction of sp³-hybridized carbons (Fsp3) is 0.238. The van der Waals surface area contributed by atoms with Crippen LogP contribution in [0.4, 0.5) is 17.6 Å². The summed E-state index contributed by atoms with van der Waals surface area (Å²) in [5.41, 5.74) is -1.53. The third kappa shape index (κ3) is 3.18. The van der Waals surface area contributed by atoms with Gasteiger partial charge in [-0.3, -0.25) is 9.59 Å². The number of amides is 1. The van der Waals surface area contributed by atoms with Crippen LogP contribution in [0.15, 0.2) is 41.2 Å². The molecule has 2 N–H and O–H groups in total. The molecule has 1 heterocycles. The highest BCUT2D eigenvalue weighted by Crippen LogP contribution is 2.48. The van der Waals surface area contributed by atoms with Crippen molar-refractivity contribution in [2.75, 3.05) is 0 Å². The first kappa shape index (κ1) is 19.2. The summed E-state index contributed by atoms with van der Waals surface area (Å²) in [6.45, 7) is 1.53. The first-order chi connectivity index (χ1) is 13.7. The van der Waals surface area contributed by atoms with Crippen LogP contribution in [-0.4, -0.2) is 10.9 Å². The number of carbonyl (C=O) groups excluding carboxylic acids is 1. The summed E-state index contributed by atoms with van der Waals surface area (Å²) in [6, 6.07) is 5.60. The van der Waals surface area contributed by atoms with Crippen LogP contribution in [0, 0.1) is 23.3 Å². The van der Waals surface area contributed by atoms with Crippen LogP contribution in [0.1, 0.15) is 36.9 Å². The van der Waals surface area contributed by atoms with E-state index in [9.17, 15) is 27.2 Å². The lowest BCUT2D eigenvalue weighted by atomic mass is 9.94. The maximum atomic E-state index is 14.2. The summed E-state index contributed by atoms with van der Waals surface area (Å²) in [4.78, 5) is 27.9. The first-order valence-corrected chi connectivity index (χ1v) is 9.00. The zero-order chi connectivity index (χ0) is 20.9. The number of pyridine rings is 1. The molecule has 2 aromatic carbocycles. The molecule has 0 radical (unpaired) electrons. The molecule has 0 spiro atoms. The van der Waals surface area contributed by atoms with E-state index in [4.69, 9.17) is 0 Å². The van der Waals surface area contributed by atoms with Gasteiger partial charge in [-0.25, -0.2) is 17.6 Å². The standard InChI is InChI=1S/C21H16F4N2O2/c1-10(12-3-2-11(22)8-16(12)24)26-20(29)21(6-7-21)14-9-13-17(27-19(14)28)5-4-15(23)18(13)25/h2-5,8-10H,6-7H2,1H3,(H,26,29)(H,27,28)/t10-/m1/s1. The third-order valence-corrected chi connectivity index (χ3v) is 5.39. The van der Waals surface area contributed by atoms with E-state index >= 15 is 0 Å². The molecular formula is C21H16F4N2O2. The van der Waals surface area contributed by atoms with Crippen molar-refractivity contribution >= 4 is 16.8 Å². The quantitative estimate of drug-likeness (QED) is 0.646. The highest BCUT2D eigenvalue weighted by Gasteiger charge is 2.53. The Balaban J connectivity index is 1.68. The minimum absolute atomic E-state index is 0.0266. The number of nitrogens with one attached hydrogen (secondary N) is 2. The summed E-state index contributed by atoms with van der Waals surface area (Å²) < 4.78 is 54.8. The van der Waals surface area contributed by atoms with Gasteiger partial charge in [-0.2, -0.15) is 0 Å². The van der Waals surface area contributed by atoms with Crippen LogP contribution in [-0.2, 0) is 10.2 Å². The average Bonchev–Trinajstić information content (AvgIpc) is 3.46. The van der Waals surface area contributed by atoms with Gasteiger partial charge in [-0.05, 0) is 44.0 Å². The second kappa shape index (κ2) is 6.72. The predicted octanol–water partition coefficient (Wildman–Crippen LogP) is 3.99. The van der Waals surface area contributed by atoms with Crippen LogP contribution in [0.25, 0.3) is 10.9 Å². The molecule has 1 aliphatic carbocycles. The fourth-order valence-corrected chi connectivity index (χ4v) is 3.58. The Labute approximate surface area is 162 Å². The zero-order valence-corrected chi connectivity index (χ0v) is 15.3. The molecule has 1 saturated carbocycles. The van der Waals surface area contributed by atoms with E-state index in [0.29, 0.717) is 12.8 Å². The van der Waals surface area contributed by atoms with Crippen molar-refractivity contribution in [3.8, 4) is 0 Å². The van der Waals surface area contributed by atoms with E-state index in [-0.39, 0.29) is 22.0 Å². The van der Waals surface area contributed by atoms with Gasteiger partial charge in [-0.1, -0.05) is 6.07 Å². The molecule has 0 saturated heterocycles. The van der Waals surface area contributed by atoms with Crippen LogP contribution in [0.5, 0.6) is 0 Å². The second-order valence-electron chi connectivity index (χ2n) is 7.28. The lowest BCUT2D eigenvalue weighted by Gasteiger charge is -2.20. The van der Waals surface area contributed by atoms with Crippen molar-refractivity contribution in [3.63, 3.8) is 0 Å². The molecule has 8 heteroatoms. The molecule has 0 aliphatic heterocycles. The highest BCUT2D eigenvalue weighted by atomic mass is 19.2. The van der Waals surface area contributed by atoms with Crippen LogP contribution in [0.2, 0.25) is 0 Å². The van der Waals surface area contributed by atoms with E-state index in [1.54, 1.807) is 0 Å². The molecule has 1 aliphatic rings. The molecule has 4 nitrogen and oxygen atoms in total. The first-order valence-electron chi connectivity index (χ1n) is 9.00. The minimum Gasteiger partial charge on any atom is -0.349 e. The molecule has 4 rings (SSSR count). The molecule has 1 amide bonds. The number of aromatic amines is 1. The number of H-pyrrole nitrogens is 1. The van der Waals surface area contributed by atoms with E-state index in [2.05, 4.69) is 10.3 Å². The Morgan fingerprint density at radius 1 is 1.07 bits per heavy atom. The lowest BCUT2D eigenvalue weighted by Crippen LogP contribution is -2.39. The highest BCUT2D eigenvalue weighted by molar-refractivity contribution is 5.93. The molecule has 29 heavy (non-hydrogen) atoms. The third-order valence-electron chi connectivity index (χ3n) is 5.39. The van der Waals surface area contributed by atoms with Gasteiger partial charge in [0.1, 0.15) is 11.6 Å². The number of fused-ring (bicyclic) bond motifs is 1. The maximum absolute atomic E-state index is 14.2. The summed E-state index contributed by atoms with van der Waals surface area (Å²) in [5.74, 6) is -4.25. The van der Waals surface area contributed by atoms with Crippen LogP contribution < -0.4 is 10.9 Å².